The average Bonchev–Trinajstić information content (AvgIpc) is 2.26. The monoisotopic (exact) mass is 298 g/mol. The molecule has 1 aromatic carbocycles. The van der Waals surface area contributed by atoms with Crippen LogP contribution in [0.15, 0.2) is 28.0 Å². The Balaban J connectivity index is 2.97. The van der Waals surface area contributed by atoms with Gasteiger partial charge in [0.1, 0.15) is 0 Å². The molecule has 96 valence electrons. The molecule has 1 rings (SSSR count). The third kappa shape index (κ3) is 4.13. The topological polar surface area (TPSA) is 72.8 Å². The van der Waals surface area contributed by atoms with Crippen LogP contribution in [0.25, 0.3) is 0 Å². The lowest BCUT2D eigenvalue weighted by Crippen LogP contribution is -2.09. The van der Waals surface area contributed by atoms with Gasteiger partial charge in [0.25, 0.3) is 0 Å². The van der Waals surface area contributed by atoms with E-state index in [1.54, 1.807) is 19.1 Å². The first-order valence-corrected chi connectivity index (χ1v) is 7.48. The standard InChI is InChI=1S/C9H11ClO5S2/c1-7-6-8(16-15-14-11)2-3-9(7)17(12,13)5-4-10/h2-3,6,11H,4-5H2,1H3. The van der Waals surface area contributed by atoms with Gasteiger partial charge in [-0.2, -0.15) is 0 Å². The normalized spacial score (nSPS) is 11.7. The Morgan fingerprint density at radius 1 is 1.47 bits per heavy atom. The summed E-state index contributed by atoms with van der Waals surface area (Å²) in [5.41, 5.74) is 0.585. The summed E-state index contributed by atoms with van der Waals surface area (Å²) in [5, 5.41) is 11.4. The Kier molecular flexibility index (Phi) is 5.71. The van der Waals surface area contributed by atoms with Crippen molar-refractivity contribution in [1.29, 1.82) is 0 Å². The van der Waals surface area contributed by atoms with Gasteiger partial charge in [0.15, 0.2) is 9.84 Å². The van der Waals surface area contributed by atoms with Crippen LogP contribution in [-0.2, 0) is 19.2 Å². The zero-order valence-corrected chi connectivity index (χ0v) is 11.3. The number of hydrogen-bond donors (Lipinski definition) is 1. The van der Waals surface area contributed by atoms with Crippen molar-refractivity contribution in [3.63, 3.8) is 0 Å². The number of hydrogen-bond acceptors (Lipinski definition) is 6. The molecule has 0 bridgehead atoms. The molecule has 0 aliphatic rings. The minimum atomic E-state index is -3.34. The quantitative estimate of drug-likeness (QED) is 0.376. The van der Waals surface area contributed by atoms with Crippen molar-refractivity contribution in [2.75, 3.05) is 11.6 Å². The van der Waals surface area contributed by atoms with Gasteiger partial charge < -0.3 is 0 Å². The van der Waals surface area contributed by atoms with Crippen LogP contribution in [0, 0.1) is 6.92 Å². The Labute approximate surface area is 109 Å². The third-order valence-corrected chi connectivity index (χ3v) is 4.85. The number of aryl methyl sites for hydroxylation is 1. The Bertz CT molecular complexity index is 474. The second kappa shape index (κ2) is 6.58. The molecule has 0 saturated heterocycles. The van der Waals surface area contributed by atoms with Crippen LogP contribution in [0.2, 0.25) is 0 Å². The van der Waals surface area contributed by atoms with E-state index in [9.17, 15) is 8.42 Å². The van der Waals surface area contributed by atoms with Gasteiger partial charge >= 0.3 is 0 Å². The highest BCUT2D eigenvalue weighted by Gasteiger charge is 2.16. The second-order valence-electron chi connectivity index (χ2n) is 3.16. The molecule has 0 fully saturated rings. The Morgan fingerprint density at radius 2 is 2.18 bits per heavy atom. The number of halogens is 1. The molecule has 0 atom stereocenters. The highest BCUT2D eigenvalue weighted by molar-refractivity contribution is 7.94. The fraction of sp³-hybridized carbons (Fsp3) is 0.333. The number of sulfone groups is 1. The van der Waals surface area contributed by atoms with Crippen molar-refractivity contribution in [2.24, 2.45) is 0 Å². The summed E-state index contributed by atoms with van der Waals surface area (Å²) in [6, 6.07) is 4.64. The Morgan fingerprint density at radius 3 is 2.71 bits per heavy atom. The molecule has 0 spiro atoms. The van der Waals surface area contributed by atoms with Gasteiger partial charge in [-0.25, -0.2) is 13.7 Å². The molecular weight excluding hydrogens is 288 g/mol. The molecule has 8 heteroatoms. The summed E-state index contributed by atoms with van der Waals surface area (Å²) in [6.45, 7) is 1.67. The third-order valence-electron chi connectivity index (χ3n) is 1.99. The average molecular weight is 299 g/mol. The van der Waals surface area contributed by atoms with Gasteiger partial charge in [-0.1, -0.05) is 5.04 Å². The largest absolute Gasteiger partial charge is 0.224 e. The van der Waals surface area contributed by atoms with Crippen molar-refractivity contribution in [3.8, 4) is 0 Å². The predicted octanol–water partition coefficient (Wildman–Crippen LogP) is 2.44. The van der Waals surface area contributed by atoms with Gasteiger partial charge in [0.05, 0.1) is 22.7 Å². The van der Waals surface area contributed by atoms with Gasteiger partial charge in [0.2, 0.25) is 0 Å². The van der Waals surface area contributed by atoms with E-state index in [0.29, 0.717) is 10.5 Å². The highest BCUT2D eigenvalue weighted by atomic mass is 35.5. The van der Waals surface area contributed by atoms with E-state index in [0.717, 1.165) is 12.0 Å². The molecule has 0 heterocycles. The van der Waals surface area contributed by atoms with Crippen molar-refractivity contribution >= 4 is 33.5 Å². The lowest BCUT2D eigenvalue weighted by atomic mass is 10.2. The maximum Gasteiger partial charge on any atom is 0.179 e. The minimum absolute atomic E-state index is 0.0553. The fourth-order valence-corrected chi connectivity index (χ4v) is 3.60. The summed E-state index contributed by atoms with van der Waals surface area (Å²) >= 11 is 6.21. The zero-order chi connectivity index (χ0) is 12.9. The SMILES string of the molecule is Cc1cc(SOOO)ccc1S(=O)(=O)CCCl. The molecule has 0 aliphatic carbocycles. The van der Waals surface area contributed by atoms with Crippen LogP contribution in [0.3, 0.4) is 0 Å². The van der Waals surface area contributed by atoms with Crippen LogP contribution < -0.4 is 0 Å². The van der Waals surface area contributed by atoms with E-state index in [-0.39, 0.29) is 16.5 Å². The van der Waals surface area contributed by atoms with Crippen molar-refractivity contribution in [1.82, 2.24) is 0 Å². The maximum absolute atomic E-state index is 11.8. The van der Waals surface area contributed by atoms with E-state index in [1.807, 2.05) is 0 Å². The first kappa shape index (κ1) is 14.7. The molecular formula is C9H11ClO5S2. The van der Waals surface area contributed by atoms with Crippen molar-refractivity contribution < 1.29 is 23.0 Å². The van der Waals surface area contributed by atoms with E-state index < -0.39 is 9.84 Å². The fourth-order valence-electron chi connectivity index (χ4n) is 1.29. The number of rotatable bonds is 6. The number of benzene rings is 1. The van der Waals surface area contributed by atoms with Crippen molar-refractivity contribution in [3.05, 3.63) is 23.8 Å². The number of alkyl halides is 1. The minimum Gasteiger partial charge on any atom is -0.224 e. The van der Waals surface area contributed by atoms with E-state index >= 15 is 0 Å². The molecule has 17 heavy (non-hydrogen) atoms. The smallest absolute Gasteiger partial charge is 0.179 e. The molecule has 5 nitrogen and oxygen atoms in total. The summed E-state index contributed by atoms with van der Waals surface area (Å²) in [6.07, 6.45) is 0. The first-order chi connectivity index (χ1) is 8.01. The summed E-state index contributed by atoms with van der Waals surface area (Å²) < 4.78 is 27.8. The lowest BCUT2D eigenvalue weighted by Gasteiger charge is -2.07. The molecule has 0 radical (unpaired) electrons. The molecule has 0 amide bonds. The Hall–Kier alpha value is -0.310. The summed E-state index contributed by atoms with van der Waals surface area (Å²) in [5.74, 6) is -0.0438. The predicted molar refractivity (Wildman–Crippen MR) is 64.6 cm³/mol. The van der Waals surface area contributed by atoms with Crippen LogP contribution in [0.1, 0.15) is 5.56 Å². The first-order valence-electron chi connectivity index (χ1n) is 4.55. The molecule has 0 unspecified atom stereocenters. The lowest BCUT2D eigenvalue weighted by molar-refractivity contribution is -0.432. The molecule has 1 N–H and O–H groups in total. The van der Waals surface area contributed by atoms with Crippen LogP contribution in [-0.4, -0.2) is 25.3 Å². The highest BCUT2D eigenvalue weighted by Crippen LogP contribution is 2.25. The second-order valence-corrected chi connectivity index (χ2v) is 6.39. The zero-order valence-electron chi connectivity index (χ0n) is 8.92. The molecule has 0 aromatic heterocycles. The van der Waals surface area contributed by atoms with E-state index in [1.165, 1.54) is 6.07 Å². The van der Waals surface area contributed by atoms with Gasteiger partial charge in [-0.3, -0.25) is 0 Å². The van der Waals surface area contributed by atoms with E-state index in [4.69, 9.17) is 16.9 Å². The van der Waals surface area contributed by atoms with Crippen molar-refractivity contribution in [2.45, 2.75) is 16.7 Å². The van der Waals surface area contributed by atoms with Crippen LogP contribution in [0.4, 0.5) is 0 Å². The molecule has 0 aliphatic heterocycles. The van der Waals surface area contributed by atoms with E-state index in [2.05, 4.69) is 9.37 Å². The summed E-state index contributed by atoms with van der Waals surface area (Å²) in [7, 11) is -3.34. The maximum atomic E-state index is 11.8. The van der Waals surface area contributed by atoms with Gasteiger partial charge in [0, 0.05) is 10.8 Å². The van der Waals surface area contributed by atoms with Crippen LogP contribution in [0.5, 0.6) is 0 Å². The van der Waals surface area contributed by atoms with Crippen LogP contribution >= 0.6 is 23.6 Å². The molecule has 0 saturated carbocycles. The molecule has 1 aromatic rings. The van der Waals surface area contributed by atoms with Gasteiger partial charge in [-0.15, -0.1) is 15.9 Å². The summed E-state index contributed by atoms with van der Waals surface area (Å²) in [4.78, 5) is 0.855. The van der Waals surface area contributed by atoms with Gasteiger partial charge in [-0.05, 0) is 30.7 Å².